The molecular formula is C18H20ClNO2. The van der Waals surface area contributed by atoms with Gasteiger partial charge in [0.15, 0.2) is 0 Å². The van der Waals surface area contributed by atoms with E-state index >= 15 is 0 Å². The minimum Gasteiger partial charge on any atom is -0.382 e. The van der Waals surface area contributed by atoms with E-state index in [9.17, 15) is 5.11 Å². The molecule has 3 nitrogen and oxygen atoms in total. The van der Waals surface area contributed by atoms with Crippen LogP contribution in [0.2, 0.25) is 5.02 Å². The van der Waals surface area contributed by atoms with Gasteiger partial charge in [-0.1, -0.05) is 60.1 Å². The molecule has 1 heterocycles. The standard InChI is InChI=1S/C18H20ClNO2/c19-16-9-5-4-6-14(16)12-18(21,15-7-2-1-3-8-15)17-13-20-10-11-22-17/h1-9,17,20-21H,10-13H2/t17?,18-/m1/s1. The van der Waals surface area contributed by atoms with Crippen LogP contribution in [0, 0.1) is 0 Å². The van der Waals surface area contributed by atoms with E-state index in [-0.39, 0.29) is 6.10 Å². The Labute approximate surface area is 135 Å². The van der Waals surface area contributed by atoms with Crippen molar-refractivity contribution in [1.82, 2.24) is 5.32 Å². The molecule has 1 aliphatic heterocycles. The molecule has 0 aliphatic carbocycles. The molecule has 1 aliphatic rings. The van der Waals surface area contributed by atoms with E-state index < -0.39 is 5.60 Å². The zero-order chi connectivity index (χ0) is 15.4. The van der Waals surface area contributed by atoms with Crippen molar-refractivity contribution in [3.05, 3.63) is 70.7 Å². The molecule has 1 unspecified atom stereocenters. The molecule has 3 rings (SSSR count). The molecule has 0 amide bonds. The highest BCUT2D eigenvalue weighted by Gasteiger charge is 2.40. The highest BCUT2D eigenvalue weighted by molar-refractivity contribution is 6.31. The number of benzene rings is 2. The second-order valence-electron chi connectivity index (χ2n) is 5.62. The first-order chi connectivity index (χ1) is 10.7. The Kier molecular flexibility index (Phi) is 4.79. The van der Waals surface area contributed by atoms with Gasteiger partial charge >= 0.3 is 0 Å². The van der Waals surface area contributed by atoms with Gasteiger partial charge in [-0.05, 0) is 17.2 Å². The number of ether oxygens (including phenoxy) is 1. The third-order valence-electron chi connectivity index (χ3n) is 4.15. The Hall–Kier alpha value is -1.39. The van der Waals surface area contributed by atoms with Crippen LogP contribution in [0.1, 0.15) is 11.1 Å². The third-order valence-corrected chi connectivity index (χ3v) is 4.52. The number of aliphatic hydroxyl groups is 1. The van der Waals surface area contributed by atoms with Crippen molar-refractivity contribution in [2.24, 2.45) is 0 Å². The molecule has 1 fully saturated rings. The third kappa shape index (κ3) is 3.18. The smallest absolute Gasteiger partial charge is 0.121 e. The van der Waals surface area contributed by atoms with Crippen molar-refractivity contribution < 1.29 is 9.84 Å². The van der Waals surface area contributed by atoms with Gasteiger partial charge in [0.2, 0.25) is 0 Å². The fraction of sp³-hybridized carbons (Fsp3) is 0.333. The normalized spacial score (nSPS) is 21.3. The number of nitrogens with one attached hydrogen (secondary N) is 1. The quantitative estimate of drug-likeness (QED) is 0.911. The summed E-state index contributed by atoms with van der Waals surface area (Å²) in [7, 11) is 0. The SMILES string of the molecule is O[C@](Cc1ccccc1Cl)(c1ccccc1)C1CNCCO1. The molecule has 0 radical (unpaired) electrons. The van der Waals surface area contributed by atoms with Gasteiger partial charge in [-0.15, -0.1) is 0 Å². The lowest BCUT2D eigenvalue weighted by atomic mass is 9.82. The summed E-state index contributed by atoms with van der Waals surface area (Å²) >= 11 is 6.29. The zero-order valence-electron chi connectivity index (χ0n) is 12.3. The Balaban J connectivity index is 1.97. The van der Waals surface area contributed by atoms with Crippen molar-refractivity contribution in [3.63, 3.8) is 0 Å². The molecule has 0 aromatic heterocycles. The second-order valence-corrected chi connectivity index (χ2v) is 6.03. The van der Waals surface area contributed by atoms with Crippen molar-refractivity contribution in [1.29, 1.82) is 0 Å². The van der Waals surface area contributed by atoms with Crippen LogP contribution in [0.25, 0.3) is 0 Å². The Morgan fingerprint density at radius 1 is 1.14 bits per heavy atom. The maximum absolute atomic E-state index is 11.5. The second kappa shape index (κ2) is 6.80. The van der Waals surface area contributed by atoms with Crippen molar-refractivity contribution in [3.8, 4) is 0 Å². The lowest BCUT2D eigenvalue weighted by molar-refractivity contribution is -0.124. The van der Waals surface area contributed by atoms with Crippen LogP contribution in [0.5, 0.6) is 0 Å². The van der Waals surface area contributed by atoms with Gasteiger partial charge in [-0.25, -0.2) is 0 Å². The topological polar surface area (TPSA) is 41.5 Å². The van der Waals surface area contributed by atoms with Crippen molar-refractivity contribution >= 4 is 11.6 Å². The average molecular weight is 318 g/mol. The number of halogens is 1. The highest BCUT2D eigenvalue weighted by Crippen LogP contribution is 2.33. The summed E-state index contributed by atoms with van der Waals surface area (Å²) in [6, 6.07) is 17.3. The summed E-state index contributed by atoms with van der Waals surface area (Å²) in [6.07, 6.45) is 0.114. The molecule has 2 aromatic rings. The lowest BCUT2D eigenvalue weighted by Crippen LogP contribution is -2.52. The van der Waals surface area contributed by atoms with E-state index in [0.717, 1.165) is 17.7 Å². The van der Waals surface area contributed by atoms with Crippen molar-refractivity contribution in [2.45, 2.75) is 18.1 Å². The average Bonchev–Trinajstić information content (AvgIpc) is 2.58. The minimum absolute atomic E-state index is 0.306. The van der Waals surface area contributed by atoms with E-state index in [2.05, 4.69) is 5.32 Å². The van der Waals surface area contributed by atoms with E-state index in [0.29, 0.717) is 24.6 Å². The van der Waals surface area contributed by atoms with Crippen LogP contribution in [-0.4, -0.2) is 30.9 Å². The molecule has 1 saturated heterocycles. The molecule has 2 atom stereocenters. The van der Waals surface area contributed by atoms with Crippen LogP contribution in [0.15, 0.2) is 54.6 Å². The van der Waals surface area contributed by atoms with Crippen LogP contribution in [-0.2, 0) is 16.8 Å². The monoisotopic (exact) mass is 317 g/mol. The molecule has 4 heteroatoms. The Morgan fingerprint density at radius 3 is 2.55 bits per heavy atom. The lowest BCUT2D eigenvalue weighted by Gasteiger charge is -2.39. The van der Waals surface area contributed by atoms with Gasteiger partial charge < -0.3 is 15.2 Å². The largest absolute Gasteiger partial charge is 0.382 e. The van der Waals surface area contributed by atoms with Gasteiger partial charge in [-0.3, -0.25) is 0 Å². The summed E-state index contributed by atoms with van der Waals surface area (Å²) in [5.41, 5.74) is 0.660. The van der Waals surface area contributed by atoms with Gasteiger partial charge in [0.25, 0.3) is 0 Å². The number of morpholine rings is 1. The van der Waals surface area contributed by atoms with Crippen LogP contribution in [0.3, 0.4) is 0 Å². The van der Waals surface area contributed by atoms with E-state index in [1.54, 1.807) is 0 Å². The van der Waals surface area contributed by atoms with Gasteiger partial charge in [-0.2, -0.15) is 0 Å². The molecule has 0 saturated carbocycles. The first-order valence-corrected chi connectivity index (χ1v) is 7.91. The predicted molar refractivity (Wildman–Crippen MR) is 88.1 cm³/mol. The van der Waals surface area contributed by atoms with E-state index in [4.69, 9.17) is 16.3 Å². The number of hydrogen-bond acceptors (Lipinski definition) is 3. The van der Waals surface area contributed by atoms with E-state index in [1.165, 1.54) is 0 Å². The van der Waals surface area contributed by atoms with Crippen LogP contribution in [0.4, 0.5) is 0 Å². The van der Waals surface area contributed by atoms with Gasteiger partial charge in [0, 0.05) is 24.5 Å². The summed E-state index contributed by atoms with van der Waals surface area (Å²) in [5.74, 6) is 0. The molecule has 0 bridgehead atoms. The maximum atomic E-state index is 11.5. The van der Waals surface area contributed by atoms with Gasteiger partial charge in [0.05, 0.1) is 6.61 Å². The summed E-state index contributed by atoms with van der Waals surface area (Å²) < 4.78 is 5.85. The van der Waals surface area contributed by atoms with E-state index in [1.807, 2.05) is 54.6 Å². The van der Waals surface area contributed by atoms with Gasteiger partial charge in [0.1, 0.15) is 11.7 Å². The minimum atomic E-state index is -1.11. The maximum Gasteiger partial charge on any atom is 0.121 e. The fourth-order valence-electron chi connectivity index (χ4n) is 2.93. The number of hydrogen-bond donors (Lipinski definition) is 2. The zero-order valence-corrected chi connectivity index (χ0v) is 13.1. The van der Waals surface area contributed by atoms with Crippen LogP contribution < -0.4 is 5.32 Å². The molecular weight excluding hydrogens is 298 g/mol. The van der Waals surface area contributed by atoms with Crippen LogP contribution >= 0.6 is 11.6 Å². The van der Waals surface area contributed by atoms with Crippen molar-refractivity contribution in [2.75, 3.05) is 19.7 Å². The number of rotatable bonds is 4. The molecule has 116 valence electrons. The molecule has 0 spiro atoms. The summed E-state index contributed by atoms with van der Waals surface area (Å²) in [4.78, 5) is 0. The molecule has 2 N–H and O–H groups in total. The predicted octanol–water partition coefficient (Wildman–Crippen LogP) is 2.76. The summed E-state index contributed by atoms with van der Waals surface area (Å²) in [5, 5.41) is 15.4. The Morgan fingerprint density at radius 2 is 1.86 bits per heavy atom. The molecule has 22 heavy (non-hydrogen) atoms. The first-order valence-electron chi connectivity index (χ1n) is 7.54. The summed E-state index contributed by atoms with van der Waals surface area (Å²) in [6.45, 7) is 2.03. The first kappa shape index (κ1) is 15.5. The molecule has 2 aromatic carbocycles. The Bertz CT molecular complexity index is 613. The highest BCUT2D eigenvalue weighted by atomic mass is 35.5. The fourth-order valence-corrected chi connectivity index (χ4v) is 3.14.